The largest absolute Gasteiger partial charge is 0.288 e. The molecule has 1 aromatic carbocycles. The van der Waals surface area contributed by atoms with Crippen LogP contribution in [0.15, 0.2) is 35.1 Å². The first-order valence-electron chi connectivity index (χ1n) is 10.8. The van der Waals surface area contributed by atoms with Gasteiger partial charge in [0.15, 0.2) is 0 Å². The van der Waals surface area contributed by atoms with Gasteiger partial charge in [-0.2, -0.15) is 9.61 Å². The highest BCUT2D eigenvalue weighted by molar-refractivity contribution is 7.16. The molecule has 0 saturated heterocycles. The normalized spacial score (nSPS) is 20.7. The molecular formula is C23H29FN4OS. The van der Waals surface area contributed by atoms with Gasteiger partial charge in [0.2, 0.25) is 4.96 Å². The van der Waals surface area contributed by atoms with Crippen molar-refractivity contribution in [3.05, 3.63) is 62.8 Å². The summed E-state index contributed by atoms with van der Waals surface area (Å²) in [7, 11) is 0. The van der Waals surface area contributed by atoms with Gasteiger partial charge in [0.25, 0.3) is 5.56 Å². The van der Waals surface area contributed by atoms with Crippen molar-refractivity contribution >= 4 is 16.3 Å². The van der Waals surface area contributed by atoms with Crippen LogP contribution in [-0.2, 0) is 6.54 Å². The van der Waals surface area contributed by atoms with Crippen LogP contribution in [0.5, 0.6) is 0 Å². The average molecular weight is 429 g/mol. The van der Waals surface area contributed by atoms with Crippen LogP contribution in [0, 0.1) is 18.7 Å². The Morgan fingerprint density at radius 3 is 2.60 bits per heavy atom. The Hall–Kier alpha value is -2.12. The molecule has 0 N–H and O–H groups in total. The van der Waals surface area contributed by atoms with E-state index in [1.807, 2.05) is 19.1 Å². The molecule has 3 aromatic rings. The number of nitrogens with zero attached hydrogens (tertiary/aromatic N) is 4. The zero-order valence-electron chi connectivity index (χ0n) is 17.8. The summed E-state index contributed by atoms with van der Waals surface area (Å²) in [5, 5.41) is 5.07. The number of halogens is 1. The molecule has 2 aromatic heterocycles. The SMILES string of the molecule is CCC1CCC(N(Cc2cc(=O)n3nc(C)sc3n2)[C@H](C)c2ccc(F)cc2)CC1. The van der Waals surface area contributed by atoms with Crippen LogP contribution < -0.4 is 5.56 Å². The van der Waals surface area contributed by atoms with E-state index < -0.39 is 0 Å². The van der Waals surface area contributed by atoms with Gasteiger partial charge < -0.3 is 0 Å². The lowest BCUT2D eigenvalue weighted by Gasteiger charge is -2.40. The van der Waals surface area contributed by atoms with E-state index in [0.717, 1.165) is 35.0 Å². The van der Waals surface area contributed by atoms with Gasteiger partial charge in [0.05, 0.1) is 5.69 Å². The van der Waals surface area contributed by atoms with E-state index in [0.29, 0.717) is 17.5 Å². The highest BCUT2D eigenvalue weighted by Gasteiger charge is 2.29. The van der Waals surface area contributed by atoms with Crippen molar-refractivity contribution in [1.82, 2.24) is 19.5 Å². The average Bonchev–Trinajstić information content (AvgIpc) is 3.13. The molecule has 5 nitrogen and oxygen atoms in total. The Bertz CT molecular complexity index is 1050. The number of aromatic nitrogens is 3. The summed E-state index contributed by atoms with van der Waals surface area (Å²) in [6, 6.07) is 8.91. The molecule has 1 aliphatic carbocycles. The number of benzene rings is 1. The molecule has 0 aliphatic heterocycles. The lowest BCUT2D eigenvalue weighted by molar-refractivity contribution is 0.0877. The topological polar surface area (TPSA) is 50.5 Å². The summed E-state index contributed by atoms with van der Waals surface area (Å²) in [4.78, 5) is 20.4. The fraction of sp³-hybridized carbons (Fsp3) is 0.522. The standard InChI is InChI=1S/C23H29FN4OS/c1-4-17-5-11-21(12-6-17)27(15(2)18-7-9-19(24)10-8-18)14-20-13-22(29)28-23(25-20)30-16(3)26-28/h7-10,13,15,17,21H,4-6,11-12,14H2,1-3H3/t15-,17?,21?/m1/s1. The zero-order valence-corrected chi connectivity index (χ0v) is 18.7. The van der Waals surface area contributed by atoms with Crippen LogP contribution >= 0.6 is 11.3 Å². The maximum absolute atomic E-state index is 13.5. The summed E-state index contributed by atoms with van der Waals surface area (Å²) < 4.78 is 14.8. The van der Waals surface area contributed by atoms with Crippen molar-refractivity contribution in [2.45, 2.75) is 71.5 Å². The van der Waals surface area contributed by atoms with E-state index in [1.54, 1.807) is 6.07 Å². The summed E-state index contributed by atoms with van der Waals surface area (Å²) in [6.45, 7) is 6.92. The van der Waals surface area contributed by atoms with Crippen molar-refractivity contribution in [2.75, 3.05) is 0 Å². The van der Waals surface area contributed by atoms with Gasteiger partial charge >= 0.3 is 0 Å². The van der Waals surface area contributed by atoms with E-state index >= 15 is 0 Å². The molecule has 160 valence electrons. The highest BCUT2D eigenvalue weighted by Crippen LogP contribution is 2.34. The fourth-order valence-corrected chi connectivity index (χ4v) is 5.39. The number of hydrogen-bond acceptors (Lipinski definition) is 5. The molecule has 0 radical (unpaired) electrons. The minimum Gasteiger partial charge on any atom is -0.288 e. The summed E-state index contributed by atoms with van der Waals surface area (Å²) in [5.74, 6) is 0.588. The molecule has 1 saturated carbocycles. The van der Waals surface area contributed by atoms with E-state index in [1.165, 1.54) is 47.2 Å². The Labute approximate surface area is 180 Å². The lowest BCUT2D eigenvalue weighted by Crippen LogP contribution is -2.40. The third-order valence-corrected chi connectivity index (χ3v) is 7.28. The number of hydrogen-bond donors (Lipinski definition) is 0. The van der Waals surface area contributed by atoms with Crippen molar-refractivity contribution < 1.29 is 4.39 Å². The number of rotatable bonds is 6. The quantitative estimate of drug-likeness (QED) is 0.546. The number of fused-ring (bicyclic) bond motifs is 1. The predicted octanol–water partition coefficient (Wildman–Crippen LogP) is 5.13. The molecule has 30 heavy (non-hydrogen) atoms. The Kier molecular flexibility index (Phi) is 6.29. The van der Waals surface area contributed by atoms with Crippen LogP contribution in [0.25, 0.3) is 4.96 Å². The van der Waals surface area contributed by atoms with E-state index in [9.17, 15) is 9.18 Å². The molecule has 1 atom stereocenters. The van der Waals surface area contributed by atoms with E-state index in [-0.39, 0.29) is 17.4 Å². The molecule has 0 amide bonds. The maximum Gasteiger partial charge on any atom is 0.275 e. The van der Waals surface area contributed by atoms with Crippen LogP contribution in [-0.4, -0.2) is 25.5 Å². The molecule has 0 spiro atoms. The van der Waals surface area contributed by atoms with Gasteiger partial charge in [0.1, 0.15) is 10.8 Å². The first kappa shape index (κ1) is 21.1. The summed E-state index contributed by atoms with van der Waals surface area (Å²) >= 11 is 1.43. The van der Waals surface area contributed by atoms with Crippen LogP contribution in [0.4, 0.5) is 4.39 Å². The van der Waals surface area contributed by atoms with Gasteiger partial charge in [-0.15, -0.1) is 0 Å². The van der Waals surface area contributed by atoms with Crippen molar-refractivity contribution in [3.8, 4) is 0 Å². The lowest BCUT2D eigenvalue weighted by atomic mass is 9.83. The monoisotopic (exact) mass is 428 g/mol. The second-order valence-electron chi connectivity index (χ2n) is 8.38. The van der Waals surface area contributed by atoms with Gasteiger partial charge in [0, 0.05) is 24.7 Å². The van der Waals surface area contributed by atoms with E-state index in [2.05, 4.69) is 23.8 Å². The molecule has 7 heteroatoms. The number of aryl methyl sites for hydroxylation is 1. The first-order valence-corrected chi connectivity index (χ1v) is 11.6. The first-order chi connectivity index (χ1) is 14.4. The van der Waals surface area contributed by atoms with Gasteiger partial charge in [-0.25, -0.2) is 9.37 Å². The third-order valence-electron chi connectivity index (χ3n) is 6.46. The molecule has 4 rings (SSSR count). The molecule has 2 heterocycles. The van der Waals surface area contributed by atoms with Crippen LogP contribution in [0.2, 0.25) is 0 Å². The Balaban J connectivity index is 1.64. The van der Waals surface area contributed by atoms with Gasteiger partial charge in [-0.1, -0.05) is 36.8 Å². The molecule has 0 bridgehead atoms. The Morgan fingerprint density at radius 1 is 1.23 bits per heavy atom. The summed E-state index contributed by atoms with van der Waals surface area (Å²) in [6.07, 6.45) is 5.99. The van der Waals surface area contributed by atoms with Gasteiger partial charge in [-0.05, 0) is 63.1 Å². The van der Waals surface area contributed by atoms with Crippen molar-refractivity contribution in [3.63, 3.8) is 0 Å². The smallest absolute Gasteiger partial charge is 0.275 e. The maximum atomic E-state index is 13.5. The predicted molar refractivity (Wildman–Crippen MR) is 118 cm³/mol. The highest BCUT2D eigenvalue weighted by atomic mass is 32.1. The molecular weight excluding hydrogens is 399 g/mol. The molecule has 1 fully saturated rings. The van der Waals surface area contributed by atoms with Gasteiger partial charge in [-0.3, -0.25) is 9.69 Å². The minimum absolute atomic E-state index is 0.109. The van der Waals surface area contributed by atoms with Crippen LogP contribution in [0.3, 0.4) is 0 Å². The second-order valence-corrected chi connectivity index (χ2v) is 9.54. The minimum atomic E-state index is -0.221. The fourth-order valence-electron chi connectivity index (χ4n) is 4.62. The van der Waals surface area contributed by atoms with Crippen molar-refractivity contribution in [2.24, 2.45) is 5.92 Å². The third kappa shape index (κ3) is 4.47. The second kappa shape index (κ2) is 8.94. The van der Waals surface area contributed by atoms with E-state index in [4.69, 9.17) is 4.98 Å². The van der Waals surface area contributed by atoms with Crippen molar-refractivity contribution in [1.29, 1.82) is 0 Å². The molecule has 1 aliphatic rings. The Morgan fingerprint density at radius 2 is 1.93 bits per heavy atom. The van der Waals surface area contributed by atoms with Crippen LogP contribution in [0.1, 0.15) is 68.3 Å². The summed E-state index contributed by atoms with van der Waals surface area (Å²) in [5.41, 5.74) is 1.72. The zero-order chi connectivity index (χ0) is 21.3. The molecule has 0 unspecified atom stereocenters.